The maximum Gasteiger partial charge on any atom is 0.124 e. The van der Waals surface area contributed by atoms with Crippen LogP contribution in [0, 0.1) is 5.82 Å². The van der Waals surface area contributed by atoms with Gasteiger partial charge >= 0.3 is 0 Å². The van der Waals surface area contributed by atoms with Gasteiger partial charge in [0.2, 0.25) is 0 Å². The summed E-state index contributed by atoms with van der Waals surface area (Å²) in [5.41, 5.74) is 1.98. The van der Waals surface area contributed by atoms with Crippen molar-refractivity contribution in [1.82, 2.24) is 0 Å². The van der Waals surface area contributed by atoms with Gasteiger partial charge in [-0.15, -0.1) is 0 Å². The Balaban J connectivity index is 2.15. The van der Waals surface area contributed by atoms with Crippen molar-refractivity contribution in [1.29, 1.82) is 0 Å². The fourth-order valence-corrected chi connectivity index (χ4v) is 2.27. The van der Waals surface area contributed by atoms with Crippen molar-refractivity contribution >= 4 is 33.2 Å². The van der Waals surface area contributed by atoms with Crippen molar-refractivity contribution in [2.45, 2.75) is 13.0 Å². The predicted molar refractivity (Wildman–Crippen MR) is 77.6 cm³/mol. The highest BCUT2D eigenvalue weighted by molar-refractivity contribution is 9.10. The van der Waals surface area contributed by atoms with Crippen molar-refractivity contribution in [3.63, 3.8) is 0 Å². The van der Waals surface area contributed by atoms with E-state index in [9.17, 15) is 4.39 Å². The van der Waals surface area contributed by atoms with Crippen LogP contribution in [0.15, 0.2) is 46.9 Å². The van der Waals surface area contributed by atoms with E-state index in [-0.39, 0.29) is 11.9 Å². The van der Waals surface area contributed by atoms with Crippen LogP contribution in [0.25, 0.3) is 0 Å². The molecule has 2 aromatic carbocycles. The number of benzene rings is 2. The van der Waals surface area contributed by atoms with E-state index in [0.717, 1.165) is 11.3 Å². The second-order valence-corrected chi connectivity index (χ2v) is 5.33. The molecule has 0 spiro atoms. The van der Waals surface area contributed by atoms with E-state index in [2.05, 4.69) is 21.2 Å². The quantitative estimate of drug-likeness (QED) is 0.794. The highest BCUT2D eigenvalue weighted by Gasteiger charge is 2.08. The predicted octanol–water partition coefficient (Wildman–Crippen LogP) is 5.41. The molecule has 1 atom stereocenters. The molecule has 0 aliphatic rings. The van der Waals surface area contributed by atoms with E-state index in [0.29, 0.717) is 9.50 Å². The van der Waals surface area contributed by atoms with Crippen LogP contribution in [-0.4, -0.2) is 0 Å². The van der Waals surface area contributed by atoms with Crippen LogP contribution in [0.3, 0.4) is 0 Å². The van der Waals surface area contributed by atoms with Gasteiger partial charge in [-0.05, 0) is 58.7 Å². The zero-order chi connectivity index (χ0) is 13.1. The molecule has 0 radical (unpaired) electrons. The summed E-state index contributed by atoms with van der Waals surface area (Å²) in [7, 11) is 0. The van der Waals surface area contributed by atoms with Crippen LogP contribution in [-0.2, 0) is 0 Å². The van der Waals surface area contributed by atoms with E-state index in [1.54, 1.807) is 6.07 Å². The third kappa shape index (κ3) is 3.24. The van der Waals surface area contributed by atoms with E-state index in [1.807, 2.05) is 31.2 Å². The number of hydrogen-bond donors (Lipinski definition) is 1. The molecule has 0 saturated heterocycles. The average molecular weight is 329 g/mol. The maximum absolute atomic E-state index is 13.0. The first-order valence-corrected chi connectivity index (χ1v) is 6.70. The van der Waals surface area contributed by atoms with Gasteiger partial charge < -0.3 is 5.32 Å². The second-order valence-electron chi connectivity index (χ2n) is 4.04. The zero-order valence-corrected chi connectivity index (χ0v) is 12.1. The number of anilines is 1. The average Bonchev–Trinajstić information content (AvgIpc) is 2.33. The van der Waals surface area contributed by atoms with Gasteiger partial charge in [-0.3, -0.25) is 0 Å². The van der Waals surface area contributed by atoms with Gasteiger partial charge in [-0.25, -0.2) is 4.39 Å². The molecule has 0 aliphatic carbocycles. The molecule has 0 bridgehead atoms. The van der Waals surface area contributed by atoms with Crippen molar-refractivity contribution in [2.75, 3.05) is 5.32 Å². The van der Waals surface area contributed by atoms with E-state index in [1.165, 1.54) is 12.1 Å². The fourth-order valence-electron chi connectivity index (χ4n) is 1.67. The van der Waals surface area contributed by atoms with E-state index >= 15 is 0 Å². The van der Waals surface area contributed by atoms with Crippen LogP contribution in [0.1, 0.15) is 18.5 Å². The minimum atomic E-state index is -0.258. The molecule has 0 heterocycles. The first kappa shape index (κ1) is 13.4. The summed E-state index contributed by atoms with van der Waals surface area (Å²) >= 11 is 9.19. The zero-order valence-electron chi connectivity index (χ0n) is 9.75. The van der Waals surface area contributed by atoms with Gasteiger partial charge in [0.05, 0.1) is 0 Å². The largest absolute Gasteiger partial charge is 0.378 e. The lowest BCUT2D eigenvalue weighted by molar-refractivity contribution is 0.627. The summed E-state index contributed by atoms with van der Waals surface area (Å²) in [4.78, 5) is 0. The molecule has 0 aliphatic heterocycles. The van der Waals surface area contributed by atoms with Crippen LogP contribution >= 0.6 is 27.5 Å². The van der Waals surface area contributed by atoms with Crippen molar-refractivity contribution in [3.8, 4) is 0 Å². The lowest BCUT2D eigenvalue weighted by atomic mass is 10.1. The molecule has 0 aromatic heterocycles. The molecule has 2 aromatic rings. The lowest BCUT2D eigenvalue weighted by Gasteiger charge is -2.17. The minimum absolute atomic E-state index is 0.115. The van der Waals surface area contributed by atoms with Crippen LogP contribution < -0.4 is 5.32 Å². The molecule has 2 rings (SSSR count). The summed E-state index contributed by atoms with van der Waals surface area (Å²) < 4.78 is 13.7. The Morgan fingerprint density at radius 1 is 1.17 bits per heavy atom. The summed E-state index contributed by atoms with van der Waals surface area (Å²) in [6.07, 6.45) is 0. The summed E-state index contributed by atoms with van der Waals surface area (Å²) in [5, 5.41) is 4.03. The Labute approximate surface area is 119 Å². The lowest BCUT2D eigenvalue weighted by Crippen LogP contribution is -2.06. The van der Waals surface area contributed by atoms with Gasteiger partial charge in [0.25, 0.3) is 0 Å². The van der Waals surface area contributed by atoms with Crippen molar-refractivity contribution in [2.24, 2.45) is 0 Å². The minimum Gasteiger partial charge on any atom is -0.378 e. The maximum atomic E-state index is 13.0. The van der Waals surface area contributed by atoms with Crippen molar-refractivity contribution < 1.29 is 4.39 Å². The van der Waals surface area contributed by atoms with Gasteiger partial charge in [-0.1, -0.05) is 23.7 Å². The first-order valence-electron chi connectivity index (χ1n) is 5.53. The Hall–Kier alpha value is -1.06. The third-order valence-electron chi connectivity index (χ3n) is 2.67. The van der Waals surface area contributed by atoms with Gasteiger partial charge in [0, 0.05) is 21.2 Å². The number of hydrogen-bond acceptors (Lipinski definition) is 1. The molecule has 18 heavy (non-hydrogen) atoms. The molecule has 0 fully saturated rings. The van der Waals surface area contributed by atoms with Gasteiger partial charge in [0.1, 0.15) is 5.82 Å². The Kier molecular flexibility index (Phi) is 4.25. The Morgan fingerprint density at radius 3 is 2.44 bits per heavy atom. The highest BCUT2D eigenvalue weighted by Crippen LogP contribution is 2.27. The second kappa shape index (κ2) is 5.72. The Bertz CT molecular complexity index is 542. The third-order valence-corrected chi connectivity index (χ3v) is 3.58. The summed E-state index contributed by atoms with van der Waals surface area (Å²) in [5.74, 6) is -0.258. The number of nitrogens with one attached hydrogen (secondary N) is 1. The molecular formula is C14H12BrClFN. The topological polar surface area (TPSA) is 12.0 Å². The monoisotopic (exact) mass is 327 g/mol. The molecule has 1 N–H and O–H groups in total. The summed E-state index contributed by atoms with van der Waals surface area (Å²) in [6, 6.07) is 12.4. The van der Waals surface area contributed by atoms with Gasteiger partial charge in [-0.2, -0.15) is 0 Å². The number of rotatable bonds is 3. The van der Waals surface area contributed by atoms with Crippen molar-refractivity contribution in [3.05, 3.63) is 63.3 Å². The molecule has 0 saturated carbocycles. The molecule has 94 valence electrons. The smallest absolute Gasteiger partial charge is 0.124 e. The molecule has 1 unspecified atom stereocenters. The van der Waals surface area contributed by atoms with E-state index in [4.69, 9.17) is 11.6 Å². The normalized spacial score (nSPS) is 12.2. The highest BCUT2D eigenvalue weighted by atomic mass is 79.9. The molecule has 1 nitrogen and oxygen atoms in total. The van der Waals surface area contributed by atoms with Crippen LogP contribution in [0.5, 0.6) is 0 Å². The fraction of sp³-hybridized carbons (Fsp3) is 0.143. The molecule has 4 heteroatoms. The number of halogens is 3. The first-order chi connectivity index (χ1) is 8.56. The standard InChI is InChI=1S/C14H12BrClFN/c1-9(10-2-4-11(16)5-3-10)18-14-7-6-12(17)8-13(14)15/h2-9,18H,1H3. The summed E-state index contributed by atoms with van der Waals surface area (Å²) in [6.45, 7) is 2.04. The van der Waals surface area contributed by atoms with Crippen LogP contribution in [0.4, 0.5) is 10.1 Å². The van der Waals surface area contributed by atoms with Gasteiger partial charge in [0.15, 0.2) is 0 Å². The molecular weight excluding hydrogens is 317 g/mol. The Morgan fingerprint density at radius 2 is 1.83 bits per heavy atom. The van der Waals surface area contributed by atoms with E-state index < -0.39 is 0 Å². The van der Waals surface area contributed by atoms with Crippen LogP contribution in [0.2, 0.25) is 5.02 Å². The molecule has 0 amide bonds. The SMILES string of the molecule is CC(Nc1ccc(F)cc1Br)c1ccc(Cl)cc1.